The molecule has 0 saturated heterocycles. The average molecular weight is 297 g/mol. The Morgan fingerprint density at radius 2 is 1.82 bits per heavy atom. The number of hydrogen-bond acceptors (Lipinski definition) is 3. The van der Waals surface area contributed by atoms with Crippen LogP contribution in [0.5, 0.6) is 5.75 Å². The van der Waals surface area contributed by atoms with E-state index in [4.69, 9.17) is 4.74 Å². The fourth-order valence-electron chi connectivity index (χ4n) is 2.89. The smallest absolute Gasteiger partial charge is 0.119 e. The van der Waals surface area contributed by atoms with Crippen molar-refractivity contribution in [1.29, 1.82) is 0 Å². The minimum Gasteiger partial charge on any atom is -0.491 e. The van der Waals surface area contributed by atoms with E-state index in [1.807, 2.05) is 31.2 Å². The number of hydrogen-bond donors (Lipinski definition) is 1. The summed E-state index contributed by atoms with van der Waals surface area (Å²) >= 11 is 0. The van der Waals surface area contributed by atoms with E-state index in [1.165, 1.54) is 16.7 Å². The summed E-state index contributed by atoms with van der Waals surface area (Å²) in [6, 6.07) is 16.5. The molecule has 22 heavy (non-hydrogen) atoms. The predicted molar refractivity (Wildman–Crippen MR) is 88.1 cm³/mol. The molecule has 1 N–H and O–H groups in total. The van der Waals surface area contributed by atoms with E-state index in [1.54, 1.807) is 0 Å². The highest BCUT2D eigenvalue weighted by Gasteiger charge is 2.18. The fraction of sp³-hybridized carbons (Fsp3) is 0.368. The van der Waals surface area contributed by atoms with Gasteiger partial charge in [-0.3, -0.25) is 4.90 Å². The number of ether oxygens (including phenoxy) is 1. The van der Waals surface area contributed by atoms with Gasteiger partial charge in [0.05, 0.1) is 0 Å². The highest BCUT2D eigenvalue weighted by molar-refractivity contribution is 5.29. The van der Waals surface area contributed by atoms with Crippen molar-refractivity contribution in [2.24, 2.45) is 0 Å². The van der Waals surface area contributed by atoms with Crippen molar-refractivity contribution < 1.29 is 9.84 Å². The van der Waals surface area contributed by atoms with Gasteiger partial charge >= 0.3 is 0 Å². The maximum absolute atomic E-state index is 10.2. The van der Waals surface area contributed by atoms with E-state index in [-0.39, 0.29) is 0 Å². The molecular weight excluding hydrogens is 274 g/mol. The Bertz CT molecular complexity index is 609. The van der Waals surface area contributed by atoms with Crippen LogP contribution in [0.3, 0.4) is 0 Å². The molecular formula is C19H23NO2. The Labute approximate surface area is 132 Å². The molecule has 0 spiro atoms. The minimum atomic E-state index is -0.466. The molecule has 116 valence electrons. The van der Waals surface area contributed by atoms with Crippen molar-refractivity contribution in [3.05, 3.63) is 65.2 Å². The number of nitrogens with zero attached hydrogens (tertiary/aromatic N) is 1. The van der Waals surface area contributed by atoms with Gasteiger partial charge in [-0.15, -0.1) is 0 Å². The van der Waals surface area contributed by atoms with E-state index >= 15 is 0 Å². The third kappa shape index (κ3) is 3.87. The van der Waals surface area contributed by atoms with Crippen LogP contribution < -0.4 is 4.74 Å². The molecule has 1 heterocycles. The minimum absolute atomic E-state index is 0.335. The van der Waals surface area contributed by atoms with E-state index in [0.29, 0.717) is 13.2 Å². The number of β-amino-alcohol motifs (C(OH)–C–C–N with tert-alkyl or cyclic N) is 1. The van der Waals surface area contributed by atoms with Gasteiger partial charge in [-0.2, -0.15) is 0 Å². The first-order valence-corrected chi connectivity index (χ1v) is 7.87. The zero-order chi connectivity index (χ0) is 15.4. The topological polar surface area (TPSA) is 32.7 Å². The third-order valence-electron chi connectivity index (χ3n) is 4.14. The monoisotopic (exact) mass is 297 g/mol. The van der Waals surface area contributed by atoms with Gasteiger partial charge in [0.2, 0.25) is 0 Å². The summed E-state index contributed by atoms with van der Waals surface area (Å²) in [4.78, 5) is 2.30. The van der Waals surface area contributed by atoms with Gasteiger partial charge < -0.3 is 9.84 Å². The number of rotatable bonds is 5. The number of aliphatic hydroxyl groups excluding tert-OH is 1. The van der Waals surface area contributed by atoms with Crippen LogP contribution in [0.4, 0.5) is 0 Å². The molecule has 2 aromatic carbocycles. The highest BCUT2D eigenvalue weighted by atomic mass is 16.5. The van der Waals surface area contributed by atoms with Crippen LogP contribution in [0.15, 0.2) is 48.5 Å². The van der Waals surface area contributed by atoms with E-state index in [0.717, 1.165) is 25.3 Å². The molecule has 0 radical (unpaired) electrons. The molecule has 0 bridgehead atoms. The van der Waals surface area contributed by atoms with E-state index in [2.05, 4.69) is 29.2 Å². The molecule has 1 aliphatic rings. The number of aliphatic hydroxyl groups is 1. The van der Waals surface area contributed by atoms with Crippen LogP contribution in [0.2, 0.25) is 0 Å². The molecule has 1 aliphatic heterocycles. The summed E-state index contributed by atoms with van der Waals surface area (Å²) in [7, 11) is 0. The SMILES string of the molecule is Cc1ccc(OCC(O)CN2CCc3ccccc3C2)cc1. The van der Waals surface area contributed by atoms with E-state index in [9.17, 15) is 5.11 Å². The Kier molecular flexibility index (Phi) is 4.76. The molecule has 1 atom stereocenters. The molecule has 3 rings (SSSR count). The van der Waals surface area contributed by atoms with Gasteiger partial charge in [0.1, 0.15) is 18.5 Å². The number of benzene rings is 2. The van der Waals surface area contributed by atoms with Crippen molar-refractivity contribution >= 4 is 0 Å². The Balaban J connectivity index is 1.48. The van der Waals surface area contributed by atoms with Crippen molar-refractivity contribution in [2.45, 2.75) is 26.0 Å². The molecule has 0 aliphatic carbocycles. The van der Waals surface area contributed by atoms with Gasteiger partial charge in [-0.05, 0) is 36.6 Å². The molecule has 0 saturated carbocycles. The van der Waals surface area contributed by atoms with E-state index < -0.39 is 6.10 Å². The van der Waals surface area contributed by atoms with Gasteiger partial charge in [0.15, 0.2) is 0 Å². The molecule has 3 heteroatoms. The van der Waals surface area contributed by atoms with Crippen molar-refractivity contribution in [1.82, 2.24) is 4.90 Å². The zero-order valence-electron chi connectivity index (χ0n) is 13.0. The maximum Gasteiger partial charge on any atom is 0.119 e. The Morgan fingerprint density at radius 1 is 1.09 bits per heavy atom. The van der Waals surface area contributed by atoms with Crippen molar-refractivity contribution in [3.8, 4) is 5.75 Å². The predicted octanol–water partition coefficient (Wildman–Crippen LogP) is 2.79. The quantitative estimate of drug-likeness (QED) is 0.921. The van der Waals surface area contributed by atoms with Gasteiger partial charge in [-0.25, -0.2) is 0 Å². The van der Waals surface area contributed by atoms with Crippen LogP contribution >= 0.6 is 0 Å². The molecule has 2 aromatic rings. The summed E-state index contributed by atoms with van der Waals surface area (Å²) in [6.07, 6.45) is 0.591. The van der Waals surface area contributed by atoms with Gasteiger partial charge in [0, 0.05) is 19.6 Å². The summed E-state index contributed by atoms with van der Waals surface area (Å²) in [5.74, 6) is 0.814. The Hall–Kier alpha value is -1.84. The van der Waals surface area contributed by atoms with Gasteiger partial charge in [-0.1, -0.05) is 42.0 Å². The molecule has 1 unspecified atom stereocenters. The average Bonchev–Trinajstić information content (AvgIpc) is 2.54. The van der Waals surface area contributed by atoms with Crippen LogP contribution in [0.25, 0.3) is 0 Å². The highest BCUT2D eigenvalue weighted by Crippen LogP contribution is 2.18. The number of aryl methyl sites for hydroxylation is 1. The largest absolute Gasteiger partial charge is 0.491 e. The lowest BCUT2D eigenvalue weighted by atomic mass is 10.00. The summed E-state index contributed by atoms with van der Waals surface area (Å²) < 4.78 is 5.66. The third-order valence-corrected chi connectivity index (χ3v) is 4.14. The van der Waals surface area contributed by atoms with Crippen LogP contribution in [-0.4, -0.2) is 35.8 Å². The summed E-state index contributed by atoms with van der Waals surface area (Å²) in [6.45, 7) is 4.95. The first kappa shape index (κ1) is 15.1. The molecule has 0 fully saturated rings. The second kappa shape index (κ2) is 6.95. The lowest BCUT2D eigenvalue weighted by Gasteiger charge is -2.30. The lowest BCUT2D eigenvalue weighted by Crippen LogP contribution is -2.38. The van der Waals surface area contributed by atoms with Gasteiger partial charge in [0.25, 0.3) is 0 Å². The molecule has 0 amide bonds. The Morgan fingerprint density at radius 3 is 2.59 bits per heavy atom. The van der Waals surface area contributed by atoms with Crippen LogP contribution in [-0.2, 0) is 13.0 Å². The second-order valence-corrected chi connectivity index (χ2v) is 6.03. The van der Waals surface area contributed by atoms with Crippen LogP contribution in [0.1, 0.15) is 16.7 Å². The van der Waals surface area contributed by atoms with Crippen molar-refractivity contribution in [3.63, 3.8) is 0 Å². The van der Waals surface area contributed by atoms with Crippen molar-refractivity contribution in [2.75, 3.05) is 19.7 Å². The zero-order valence-corrected chi connectivity index (χ0v) is 13.0. The summed E-state index contributed by atoms with van der Waals surface area (Å²) in [5, 5.41) is 10.2. The maximum atomic E-state index is 10.2. The first-order chi connectivity index (χ1) is 10.7. The molecule has 0 aromatic heterocycles. The normalized spacial score (nSPS) is 16.1. The van der Waals surface area contributed by atoms with Crippen LogP contribution in [0, 0.1) is 6.92 Å². The fourth-order valence-corrected chi connectivity index (χ4v) is 2.89. The second-order valence-electron chi connectivity index (χ2n) is 6.03. The first-order valence-electron chi connectivity index (χ1n) is 7.87. The number of fused-ring (bicyclic) bond motifs is 1. The summed E-state index contributed by atoms with van der Waals surface area (Å²) in [5.41, 5.74) is 4.02. The standard InChI is InChI=1S/C19H23NO2/c1-15-6-8-19(9-7-15)22-14-18(21)13-20-11-10-16-4-2-3-5-17(16)12-20/h2-9,18,21H,10-14H2,1H3. The molecule has 3 nitrogen and oxygen atoms in total. The lowest BCUT2D eigenvalue weighted by molar-refractivity contribution is 0.0638.